The first kappa shape index (κ1) is 14.2. The van der Waals surface area contributed by atoms with E-state index in [1.807, 2.05) is 30.3 Å². The minimum atomic E-state index is -0.383. The Morgan fingerprint density at radius 3 is 2.33 bits per heavy atom. The zero-order chi connectivity index (χ0) is 13.4. The third kappa shape index (κ3) is 6.03. The van der Waals surface area contributed by atoms with Gasteiger partial charge in [0.2, 0.25) is 0 Å². The van der Waals surface area contributed by atoms with Crippen LogP contribution < -0.4 is 0 Å². The molecule has 0 aromatic heterocycles. The minimum Gasteiger partial charge on any atom is -0.462 e. The summed E-state index contributed by atoms with van der Waals surface area (Å²) in [5.41, 5.74) is 1.16. The molecule has 0 spiro atoms. The largest absolute Gasteiger partial charge is 0.462 e. The van der Waals surface area contributed by atoms with Gasteiger partial charge in [0.05, 0.1) is 0 Å². The normalized spacial score (nSPS) is 11.7. The van der Waals surface area contributed by atoms with E-state index in [2.05, 4.69) is 0 Å². The molecular formula is C14H18O4. The van der Waals surface area contributed by atoms with Crippen LogP contribution >= 0.6 is 0 Å². The molecule has 1 aromatic carbocycles. The summed E-state index contributed by atoms with van der Waals surface area (Å²) in [4.78, 5) is 21.7. The molecule has 1 atom stereocenters. The lowest BCUT2D eigenvalue weighted by molar-refractivity contribution is -0.156. The van der Waals surface area contributed by atoms with Gasteiger partial charge < -0.3 is 9.47 Å². The van der Waals surface area contributed by atoms with Crippen molar-refractivity contribution in [1.29, 1.82) is 0 Å². The predicted octanol–water partition coefficient (Wildman–Crippen LogP) is 2.11. The van der Waals surface area contributed by atoms with E-state index in [-0.39, 0.29) is 24.6 Å². The Balaban J connectivity index is 2.45. The van der Waals surface area contributed by atoms with Crippen molar-refractivity contribution in [2.75, 3.05) is 6.61 Å². The number of ether oxygens (including phenoxy) is 2. The summed E-state index contributed by atoms with van der Waals surface area (Å²) in [6, 6.07) is 9.89. The highest BCUT2D eigenvalue weighted by Crippen LogP contribution is 2.08. The van der Waals surface area contributed by atoms with Crippen LogP contribution in [0.25, 0.3) is 0 Å². The first-order chi connectivity index (χ1) is 8.58. The zero-order valence-corrected chi connectivity index (χ0v) is 10.7. The molecule has 1 aromatic rings. The summed E-state index contributed by atoms with van der Waals surface area (Å²) in [5, 5.41) is 0. The molecule has 0 fully saturated rings. The van der Waals surface area contributed by atoms with Gasteiger partial charge in [-0.3, -0.25) is 9.59 Å². The number of benzene rings is 1. The smallest absolute Gasteiger partial charge is 0.303 e. The summed E-state index contributed by atoms with van der Waals surface area (Å²) < 4.78 is 9.98. The van der Waals surface area contributed by atoms with E-state index in [1.165, 1.54) is 13.8 Å². The molecule has 0 saturated heterocycles. The minimum absolute atomic E-state index is 0.113. The van der Waals surface area contributed by atoms with Crippen molar-refractivity contribution in [1.82, 2.24) is 0 Å². The Hall–Kier alpha value is -1.84. The van der Waals surface area contributed by atoms with Crippen molar-refractivity contribution in [3.05, 3.63) is 35.9 Å². The first-order valence-electron chi connectivity index (χ1n) is 5.92. The molecule has 4 heteroatoms. The second-order valence-electron chi connectivity index (χ2n) is 4.06. The fourth-order valence-corrected chi connectivity index (χ4v) is 1.59. The maximum Gasteiger partial charge on any atom is 0.303 e. The van der Waals surface area contributed by atoms with Crippen molar-refractivity contribution < 1.29 is 19.1 Å². The molecule has 1 rings (SSSR count). The van der Waals surface area contributed by atoms with E-state index in [9.17, 15) is 9.59 Å². The Bertz CT molecular complexity index is 386. The number of hydrogen-bond donors (Lipinski definition) is 0. The number of esters is 2. The van der Waals surface area contributed by atoms with Crippen LogP contribution in [0.2, 0.25) is 0 Å². The van der Waals surface area contributed by atoms with Gasteiger partial charge in [-0.05, 0) is 18.4 Å². The number of aryl methyl sites for hydroxylation is 1. The van der Waals surface area contributed by atoms with Crippen LogP contribution in [0.1, 0.15) is 25.8 Å². The zero-order valence-electron chi connectivity index (χ0n) is 10.7. The maximum absolute atomic E-state index is 10.9. The summed E-state index contributed by atoms with van der Waals surface area (Å²) in [6.07, 6.45) is 1.03. The molecule has 0 N–H and O–H groups in total. The van der Waals surface area contributed by atoms with Crippen LogP contribution in [-0.4, -0.2) is 24.6 Å². The lowest BCUT2D eigenvalue weighted by Gasteiger charge is -2.16. The quantitative estimate of drug-likeness (QED) is 0.726. The molecule has 4 nitrogen and oxygen atoms in total. The van der Waals surface area contributed by atoms with E-state index >= 15 is 0 Å². The van der Waals surface area contributed by atoms with Crippen LogP contribution in [0.3, 0.4) is 0 Å². The van der Waals surface area contributed by atoms with E-state index < -0.39 is 0 Å². The SMILES string of the molecule is CC(=O)OCC(CCc1ccccc1)OC(C)=O. The van der Waals surface area contributed by atoms with Crippen LogP contribution in [0.5, 0.6) is 0 Å². The average molecular weight is 250 g/mol. The number of carbonyl (C=O) groups excluding carboxylic acids is 2. The van der Waals surface area contributed by atoms with Crippen molar-refractivity contribution >= 4 is 11.9 Å². The van der Waals surface area contributed by atoms with Crippen LogP contribution in [0.4, 0.5) is 0 Å². The molecule has 0 amide bonds. The van der Waals surface area contributed by atoms with Crippen molar-refractivity contribution in [2.45, 2.75) is 32.8 Å². The molecule has 98 valence electrons. The molecule has 1 unspecified atom stereocenters. The third-order valence-corrected chi connectivity index (χ3v) is 2.40. The van der Waals surface area contributed by atoms with E-state index in [0.29, 0.717) is 6.42 Å². The standard InChI is InChI=1S/C14H18O4/c1-11(15)17-10-14(18-12(2)16)9-8-13-6-4-3-5-7-13/h3-7,14H,8-10H2,1-2H3. The van der Waals surface area contributed by atoms with Gasteiger partial charge in [0.25, 0.3) is 0 Å². The fraction of sp³-hybridized carbons (Fsp3) is 0.429. The van der Waals surface area contributed by atoms with Crippen LogP contribution in [-0.2, 0) is 25.5 Å². The van der Waals surface area contributed by atoms with Gasteiger partial charge in [-0.15, -0.1) is 0 Å². The Morgan fingerprint density at radius 2 is 1.78 bits per heavy atom. The fourth-order valence-electron chi connectivity index (χ4n) is 1.59. The predicted molar refractivity (Wildman–Crippen MR) is 67.0 cm³/mol. The van der Waals surface area contributed by atoms with E-state index in [4.69, 9.17) is 9.47 Å². The van der Waals surface area contributed by atoms with E-state index in [1.54, 1.807) is 0 Å². The van der Waals surface area contributed by atoms with Gasteiger partial charge in [0.1, 0.15) is 12.7 Å². The first-order valence-corrected chi connectivity index (χ1v) is 5.92. The lowest BCUT2D eigenvalue weighted by Crippen LogP contribution is -2.24. The molecule has 0 aliphatic rings. The molecule has 0 saturated carbocycles. The van der Waals surface area contributed by atoms with Gasteiger partial charge in [-0.25, -0.2) is 0 Å². The second-order valence-corrected chi connectivity index (χ2v) is 4.06. The second kappa shape index (κ2) is 7.48. The molecule has 0 aliphatic heterocycles. The Labute approximate surface area is 107 Å². The van der Waals surface area contributed by atoms with Crippen molar-refractivity contribution in [3.8, 4) is 0 Å². The molecule has 0 bridgehead atoms. The van der Waals surface area contributed by atoms with Gasteiger partial charge in [-0.1, -0.05) is 30.3 Å². The molecule has 0 aliphatic carbocycles. The molecule has 18 heavy (non-hydrogen) atoms. The average Bonchev–Trinajstić information content (AvgIpc) is 2.33. The van der Waals surface area contributed by atoms with Crippen molar-refractivity contribution in [3.63, 3.8) is 0 Å². The number of carbonyl (C=O) groups is 2. The van der Waals surface area contributed by atoms with Gasteiger partial charge in [0.15, 0.2) is 0 Å². The molecule has 0 radical (unpaired) electrons. The van der Waals surface area contributed by atoms with E-state index in [0.717, 1.165) is 12.0 Å². The van der Waals surface area contributed by atoms with Gasteiger partial charge in [-0.2, -0.15) is 0 Å². The summed E-state index contributed by atoms with van der Waals surface area (Å²) in [6.45, 7) is 2.80. The van der Waals surface area contributed by atoms with Crippen molar-refractivity contribution in [2.24, 2.45) is 0 Å². The molecule has 0 heterocycles. The highest BCUT2D eigenvalue weighted by atomic mass is 16.6. The summed E-state index contributed by atoms with van der Waals surface area (Å²) in [7, 11) is 0. The Kier molecular flexibility index (Phi) is 5.91. The topological polar surface area (TPSA) is 52.6 Å². The Morgan fingerprint density at radius 1 is 1.11 bits per heavy atom. The molecular weight excluding hydrogens is 232 g/mol. The summed E-state index contributed by atoms with van der Waals surface area (Å²) >= 11 is 0. The highest BCUT2D eigenvalue weighted by Gasteiger charge is 2.13. The lowest BCUT2D eigenvalue weighted by atomic mass is 10.1. The number of hydrogen-bond acceptors (Lipinski definition) is 4. The maximum atomic E-state index is 10.9. The van der Waals surface area contributed by atoms with Gasteiger partial charge >= 0.3 is 11.9 Å². The van der Waals surface area contributed by atoms with Gasteiger partial charge in [0, 0.05) is 13.8 Å². The van der Waals surface area contributed by atoms with Crippen LogP contribution in [0, 0.1) is 0 Å². The summed E-state index contributed by atoms with van der Waals surface area (Å²) in [5.74, 6) is -0.730. The highest BCUT2D eigenvalue weighted by molar-refractivity contribution is 5.67. The van der Waals surface area contributed by atoms with Crippen LogP contribution in [0.15, 0.2) is 30.3 Å². The monoisotopic (exact) mass is 250 g/mol. The number of rotatable bonds is 6. The third-order valence-electron chi connectivity index (χ3n) is 2.40.